The van der Waals surface area contributed by atoms with Crippen LogP contribution < -0.4 is 4.90 Å². The number of carbonyl (C=O) groups excluding carboxylic acids is 3. The monoisotopic (exact) mass is 539 g/mol. The first-order valence-electron chi connectivity index (χ1n) is 12.7. The van der Waals surface area contributed by atoms with Gasteiger partial charge in [-0.05, 0) is 49.6 Å². The predicted octanol–water partition coefficient (Wildman–Crippen LogP) is 3.12. The number of rotatable bonds is 4. The maximum atomic E-state index is 14.7. The Hall–Kier alpha value is -3.50. The molecule has 2 saturated heterocycles. The minimum Gasteiger partial charge on any atom is -0.380 e. The molecule has 9 nitrogen and oxygen atoms in total. The molecule has 1 spiro atoms. The molecular weight excluding hydrogens is 513 g/mol. The van der Waals surface area contributed by atoms with Crippen molar-refractivity contribution in [2.75, 3.05) is 44.7 Å². The van der Waals surface area contributed by atoms with Crippen LogP contribution in [0.2, 0.25) is 5.02 Å². The van der Waals surface area contributed by atoms with Gasteiger partial charge in [0.1, 0.15) is 12.4 Å². The quantitative estimate of drug-likeness (QED) is 0.549. The number of amides is 3. The fourth-order valence-corrected chi connectivity index (χ4v) is 6.39. The normalized spacial score (nSPS) is 20.6. The standard InChI is InChI=1S/C27H27ClFN5O4/c1-38-18-6-9-33(14-18)22(35)15-34-21-5-3-19(29)24(28)23(21)27(26(34)37)7-10-32(11-8-27)25(36)16-2-4-20-17(12-16)13-30-31-20/h2-5,12-13,18H,6-11,14-15H2,1H3,(H,30,31). The Kier molecular flexibility index (Phi) is 6.11. The second-order valence-electron chi connectivity index (χ2n) is 10.2. The molecular formula is C27H27ClFN5O4. The highest BCUT2D eigenvalue weighted by molar-refractivity contribution is 6.33. The van der Waals surface area contributed by atoms with Gasteiger partial charge in [-0.25, -0.2) is 4.39 Å². The molecule has 3 aliphatic heterocycles. The number of piperidine rings is 1. The molecule has 0 radical (unpaired) electrons. The number of aromatic nitrogens is 2. The Labute approximate surface area is 223 Å². The lowest BCUT2D eigenvalue weighted by Gasteiger charge is -2.39. The Balaban J connectivity index is 1.25. The highest BCUT2D eigenvalue weighted by atomic mass is 35.5. The summed E-state index contributed by atoms with van der Waals surface area (Å²) in [4.78, 5) is 45.2. The zero-order chi connectivity index (χ0) is 26.6. The number of nitrogens with one attached hydrogen (secondary N) is 1. The van der Waals surface area contributed by atoms with Gasteiger partial charge in [0.2, 0.25) is 11.8 Å². The molecule has 1 atom stereocenters. The number of aromatic amines is 1. The van der Waals surface area contributed by atoms with Gasteiger partial charge < -0.3 is 19.4 Å². The fourth-order valence-electron chi connectivity index (χ4n) is 6.05. The van der Waals surface area contributed by atoms with E-state index in [1.54, 1.807) is 35.2 Å². The number of carbonyl (C=O) groups is 3. The number of halogens is 2. The van der Waals surface area contributed by atoms with E-state index < -0.39 is 11.2 Å². The second-order valence-corrected chi connectivity index (χ2v) is 10.6. The summed E-state index contributed by atoms with van der Waals surface area (Å²) in [6.07, 6.45) is 2.94. The van der Waals surface area contributed by atoms with Crippen molar-refractivity contribution in [3.8, 4) is 0 Å². The molecule has 4 heterocycles. The Bertz CT molecular complexity index is 1450. The third-order valence-corrected chi connectivity index (χ3v) is 8.58. The largest absolute Gasteiger partial charge is 0.380 e. The van der Waals surface area contributed by atoms with Crippen LogP contribution in [-0.2, 0) is 19.7 Å². The molecule has 2 aromatic carbocycles. The molecule has 0 saturated carbocycles. The lowest BCUT2D eigenvalue weighted by molar-refractivity contribution is -0.132. The molecule has 1 unspecified atom stereocenters. The summed E-state index contributed by atoms with van der Waals surface area (Å²) < 4.78 is 20.0. The van der Waals surface area contributed by atoms with Crippen molar-refractivity contribution < 1.29 is 23.5 Å². The topological polar surface area (TPSA) is 98.8 Å². The van der Waals surface area contributed by atoms with Crippen LogP contribution in [-0.4, -0.2) is 83.7 Å². The van der Waals surface area contributed by atoms with Crippen LogP contribution in [0, 0.1) is 5.82 Å². The van der Waals surface area contributed by atoms with E-state index in [1.807, 2.05) is 6.07 Å². The molecule has 11 heteroatoms. The number of likely N-dealkylation sites (tertiary alicyclic amines) is 2. The minimum atomic E-state index is -1.10. The van der Waals surface area contributed by atoms with E-state index in [0.717, 1.165) is 17.3 Å². The van der Waals surface area contributed by atoms with Crippen molar-refractivity contribution in [3.05, 3.63) is 58.5 Å². The van der Waals surface area contributed by atoms with Gasteiger partial charge in [-0.1, -0.05) is 11.6 Å². The van der Waals surface area contributed by atoms with Crippen molar-refractivity contribution in [1.82, 2.24) is 20.0 Å². The van der Waals surface area contributed by atoms with E-state index in [-0.39, 0.29) is 48.2 Å². The molecule has 1 aromatic heterocycles. The van der Waals surface area contributed by atoms with Gasteiger partial charge in [-0.2, -0.15) is 5.10 Å². The van der Waals surface area contributed by atoms with Crippen LogP contribution in [0.1, 0.15) is 35.2 Å². The summed E-state index contributed by atoms with van der Waals surface area (Å²) in [5.74, 6) is -1.22. The number of nitrogens with zero attached hydrogens (tertiary/aromatic N) is 4. The van der Waals surface area contributed by atoms with Gasteiger partial charge in [-0.15, -0.1) is 0 Å². The van der Waals surface area contributed by atoms with Gasteiger partial charge >= 0.3 is 0 Å². The van der Waals surface area contributed by atoms with Gasteiger partial charge in [-0.3, -0.25) is 19.5 Å². The molecule has 2 fully saturated rings. The van der Waals surface area contributed by atoms with Crippen molar-refractivity contribution in [2.45, 2.75) is 30.8 Å². The first kappa shape index (κ1) is 24.8. The van der Waals surface area contributed by atoms with E-state index in [1.165, 1.54) is 17.0 Å². The number of ether oxygens (including phenoxy) is 1. The zero-order valence-corrected chi connectivity index (χ0v) is 21.6. The van der Waals surface area contributed by atoms with Crippen LogP contribution in [0.15, 0.2) is 36.5 Å². The van der Waals surface area contributed by atoms with Crippen molar-refractivity contribution in [2.24, 2.45) is 0 Å². The molecule has 0 aliphatic carbocycles. The van der Waals surface area contributed by atoms with E-state index in [4.69, 9.17) is 16.3 Å². The fraction of sp³-hybridized carbons (Fsp3) is 0.407. The smallest absolute Gasteiger partial charge is 0.253 e. The van der Waals surface area contributed by atoms with Gasteiger partial charge in [0.25, 0.3) is 5.91 Å². The minimum absolute atomic E-state index is 0.0218. The van der Waals surface area contributed by atoms with Gasteiger partial charge in [0, 0.05) is 49.8 Å². The highest BCUT2D eigenvalue weighted by Crippen LogP contribution is 2.51. The summed E-state index contributed by atoms with van der Waals surface area (Å²) in [6, 6.07) is 8.09. The SMILES string of the molecule is COC1CCN(C(=O)CN2C(=O)C3(CCN(C(=O)c4ccc5[nH]ncc5c4)CC3)c3c2ccc(F)c3Cl)C1. The number of benzene rings is 2. The van der Waals surface area contributed by atoms with E-state index >= 15 is 0 Å². The third kappa shape index (κ3) is 3.85. The summed E-state index contributed by atoms with van der Waals surface area (Å²) in [5.41, 5.74) is 1.15. The Morgan fingerprint density at radius 2 is 1.97 bits per heavy atom. The van der Waals surface area contributed by atoms with E-state index in [2.05, 4.69) is 10.2 Å². The predicted molar refractivity (Wildman–Crippen MR) is 139 cm³/mol. The van der Waals surface area contributed by atoms with Gasteiger partial charge in [0.15, 0.2) is 0 Å². The van der Waals surface area contributed by atoms with Crippen LogP contribution >= 0.6 is 11.6 Å². The molecule has 38 heavy (non-hydrogen) atoms. The molecule has 3 amide bonds. The third-order valence-electron chi connectivity index (χ3n) is 8.21. The second kappa shape index (κ2) is 9.36. The van der Waals surface area contributed by atoms with Gasteiger partial charge in [0.05, 0.1) is 33.9 Å². The van der Waals surface area contributed by atoms with Crippen molar-refractivity contribution in [1.29, 1.82) is 0 Å². The zero-order valence-electron chi connectivity index (χ0n) is 20.9. The first-order chi connectivity index (χ1) is 18.3. The maximum absolute atomic E-state index is 14.7. The summed E-state index contributed by atoms with van der Waals surface area (Å²) in [6.45, 7) is 1.47. The summed E-state index contributed by atoms with van der Waals surface area (Å²) in [7, 11) is 1.62. The van der Waals surface area contributed by atoms with Crippen LogP contribution in [0.5, 0.6) is 0 Å². The average molecular weight is 540 g/mol. The number of anilines is 1. The van der Waals surface area contributed by atoms with Crippen LogP contribution in [0.3, 0.4) is 0 Å². The number of hydrogen-bond donors (Lipinski definition) is 1. The number of methoxy groups -OCH3 is 1. The number of hydrogen-bond acceptors (Lipinski definition) is 5. The number of H-pyrrole nitrogens is 1. The molecule has 3 aliphatic rings. The van der Waals surface area contributed by atoms with Crippen molar-refractivity contribution in [3.63, 3.8) is 0 Å². The van der Waals surface area contributed by atoms with Crippen LogP contribution in [0.4, 0.5) is 10.1 Å². The molecule has 3 aromatic rings. The van der Waals surface area contributed by atoms with Crippen molar-refractivity contribution >= 4 is 45.9 Å². The maximum Gasteiger partial charge on any atom is 0.253 e. The lowest BCUT2D eigenvalue weighted by atomic mass is 9.73. The molecule has 0 bridgehead atoms. The summed E-state index contributed by atoms with van der Waals surface area (Å²) in [5, 5.41) is 7.60. The molecule has 6 rings (SSSR count). The summed E-state index contributed by atoms with van der Waals surface area (Å²) >= 11 is 6.48. The molecule has 1 N–H and O–H groups in total. The average Bonchev–Trinajstić information content (AvgIpc) is 3.65. The number of fused-ring (bicyclic) bond motifs is 3. The Morgan fingerprint density at radius 3 is 2.71 bits per heavy atom. The van der Waals surface area contributed by atoms with E-state index in [0.29, 0.717) is 43.0 Å². The lowest BCUT2D eigenvalue weighted by Crippen LogP contribution is -2.51. The van der Waals surface area contributed by atoms with Crippen LogP contribution in [0.25, 0.3) is 10.9 Å². The van der Waals surface area contributed by atoms with E-state index in [9.17, 15) is 18.8 Å². The Morgan fingerprint density at radius 1 is 1.18 bits per heavy atom. The molecule has 198 valence electrons. The highest BCUT2D eigenvalue weighted by Gasteiger charge is 2.54. The first-order valence-corrected chi connectivity index (χ1v) is 13.0.